The highest BCUT2D eigenvalue weighted by Gasteiger charge is 2.34. The minimum Gasteiger partial charge on any atom is -0.352 e. The molecule has 1 N–H and O–H groups in total. The Morgan fingerprint density at radius 3 is 2.23 bits per heavy atom. The van der Waals surface area contributed by atoms with Gasteiger partial charge in [-0.3, -0.25) is 13.9 Å². The van der Waals surface area contributed by atoms with Gasteiger partial charge >= 0.3 is 0 Å². The first kappa shape index (κ1) is 30.4. The minimum absolute atomic E-state index is 0.0112. The highest BCUT2D eigenvalue weighted by atomic mass is 35.5. The molecule has 0 heterocycles. The third-order valence-corrected chi connectivity index (χ3v) is 7.54. The molecule has 208 valence electrons. The van der Waals surface area contributed by atoms with Crippen LogP contribution in [0.2, 0.25) is 10.0 Å². The quantitative estimate of drug-likeness (QED) is 0.336. The van der Waals surface area contributed by atoms with Gasteiger partial charge in [0.1, 0.15) is 18.4 Å². The van der Waals surface area contributed by atoms with Crippen molar-refractivity contribution in [1.82, 2.24) is 10.2 Å². The summed E-state index contributed by atoms with van der Waals surface area (Å²) in [4.78, 5) is 28.6. The van der Waals surface area contributed by atoms with Gasteiger partial charge in [-0.25, -0.2) is 12.8 Å². The van der Waals surface area contributed by atoms with Crippen LogP contribution >= 0.6 is 23.2 Å². The first-order valence-electron chi connectivity index (χ1n) is 12.2. The van der Waals surface area contributed by atoms with Gasteiger partial charge in [0.2, 0.25) is 21.8 Å². The minimum atomic E-state index is -4.02. The second kappa shape index (κ2) is 13.3. The highest BCUT2D eigenvalue weighted by molar-refractivity contribution is 7.92. The van der Waals surface area contributed by atoms with Gasteiger partial charge in [0.25, 0.3) is 0 Å². The lowest BCUT2D eigenvalue weighted by Gasteiger charge is -2.34. The maximum Gasteiger partial charge on any atom is 0.244 e. The standard InChI is InChI=1S/C28H30Cl2FN3O4S/c1-19(2)32-28(36)26(15-20-9-5-4-6-10-20)33(17-21-11-7-8-12-24(21)31)27(35)18-34(39(3,37)38)25-16-22(29)13-14-23(25)30/h4-14,16,19,26H,15,17-18H2,1-3H3,(H,32,36)/t26-/m1/s1. The molecule has 0 unspecified atom stereocenters. The lowest BCUT2D eigenvalue weighted by molar-refractivity contribution is -0.140. The lowest BCUT2D eigenvalue weighted by atomic mass is 10.0. The fourth-order valence-electron chi connectivity index (χ4n) is 4.02. The zero-order valence-electron chi connectivity index (χ0n) is 21.8. The van der Waals surface area contributed by atoms with Crippen molar-refractivity contribution in [2.24, 2.45) is 0 Å². The van der Waals surface area contributed by atoms with Crippen LogP contribution in [-0.2, 0) is 32.6 Å². The summed E-state index contributed by atoms with van der Waals surface area (Å²) in [6, 6.07) is 17.9. The second-order valence-corrected chi connectivity index (χ2v) is 12.1. The molecule has 1 atom stereocenters. The maximum atomic E-state index is 14.8. The van der Waals surface area contributed by atoms with Crippen molar-refractivity contribution in [3.63, 3.8) is 0 Å². The topological polar surface area (TPSA) is 86.8 Å². The second-order valence-electron chi connectivity index (χ2n) is 9.35. The van der Waals surface area contributed by atoms with Gasteiger partial charge in [-0.2, -0.15) is 0 Å². The summed E-state index contributed by atoms with van der Waals surface area (Å²) in [5.74, 6) is -1.74. The molecule has 3 aromatic rings. The van der Waals surface area contributed by atoms with Crippen LogP contribution < -0.4 is 9.62 Å². The van der Waals surface area contributed by atoms with E-state index in [2.05, 4.69) is 5.32 Å². The fraction of sp³-hybridized carbons (Fsp3) is 0.286. The summed E-state index contributed by atoms with van der Waals surface area (Å²) in [6.07, 6.45) is 1.06. The van der Waals surface area contributed by atoms with Crippen LogP contribution in [-0.4, -0.2) is 50.0 Å². The molecule has 7 nitrogen and oxygen atoms in total. The number of benzene rings is 3. The summed E-state index contributed by atoms with van der Waals surface area (Å²) in [5.41, 5.74) is 0.954. The van der Waals surface area contributed by atoms with Gasteiger partial charge in [0.05, 0.1) is 17.0 Å². The van der Waals surface area contributed by atoms with E-state index in [1.807, 2.05) is 30.3 Å². The summed E-state index contributed by atoms with van der Waals surface area (Å²) in [5, 5.41) is 3.12. The number of halogens is 3. The molecule has 0 saturated carbocycles. The number of amides is 2. The van der Waals surface area contributed by atoms with E-state index in [0.717, 1.165) is 16.1 Å². The van der Waals surface area contributed by atoms with Crippen LogP contribution in [0.25, 0.3) is 0 Å². The number of hydrogen-bond donors (Lipinski definition) is 1. The van der Waals surface area contributed by atoms with E-state index in [1.165, 1.54) is 41.3 Å². The van der Waals surface area contributed by atoms with Crippen molar-refractivity contribution in [2.45, 2.75) is 38.9 Å². The molecule has 0 saturated heterocycles. The predicted molar refractivity (Wildman–Crippen MR) is 153 cm³/mol. The van der Waals surface area contributed by atoms with Crippen LogP contribution in [0, 0.1) is 5.82 Å². The van der Waals surface area contributed by atoms with E-state index in [0.29, 0.717) is 0 Å². The normalized spacial score (nSPS) is 12.2. The monoisotopic (exact) mass is 593 g/mol. The van der Waals surface area contributed by atoms with Crippen molar-refractivity contribution in [3.05, 3.63) is 99.8 Å². The van der Waals surface area contributed by atoms with E-state index >= 15 is 0 Å². The van der Waals surface area contributed by atoms with Gasteiger partial charge in [0, 0.05) is 29.6 Å². The maximum absolute atomic E-state index is 14.8. The van der Waals surface area contributed by atoms with Crippen molar-refractivity contribution in [3.8, 4) is 0 Å². The number of nitrogens with one attached hydrogen (secondary N) is 1. The molecule has 0 fully saturated rings. The lowest BCUT2D eigenvalue weighted by Crippen LogP contribution is -2.54. The Labute approximate surface area is 238 Å². The largest absolute Gasteiger partial charge is 0.352 e. The van der Waals surface area contributed by atoms with Crippen molar-refractivity contribution in [2.75, 3.05) is 17.1 Å². The van der Waals surface area contributed by atoms with Crippen molar-refractivity contribution >= 4 is 50.7 Å². The molecule has 0 spiro atoms. The van der Waals surface area contributed by atoms with E-state index in [9.17, 15) is 22.4 Å². The van der Waals surface area contributed by atoms with Crippen LogP contribution in [0.15, 0.2) is 72.8 Å². The molecule has 0 bridgehead atoms. The van der Waals surface area contributed by atoms with Gasteiger partial charge in [-0.1, -0.05) is 71.7 Å². The number of hydrogen-bond acceptors (Lipinski definition) is 4. The number of rotatable bonds is 11. The zero-order chi connectivity index (χ0) is 28.7. The first-order chi connectivity index (χ1) is 18.4. The molecule has 3 aromatic carbocycles. The Kier molecular flexibility index (Phi) is 10.4. The number of nitrogens with zero attached hydrogens (tertiary/aromatic N) is 2. The highest BCUT2D eigenvalue weighted by Crippen LogP contribution is 2.31. The SMILES string of the molecule is CC(C)NC(=O)[C@@H](Cc1ccccc1)N(Cc1ccccc1F)C(=O)CN(c1cc(Cl)ccc1Cl)S(C)(=O)=O. The van der Waals surface area contributed by atoms with E-state index < -0.39 is 40.2 Å². The number of sulfonamides is 1. The van der Waals surface area contributed by atoms with Crippen LogP contribution in [0.1, 0.15) is 25.0 Å². The summed E-state index contributed by atoms with van der Waals surface area (Å²) in [6.45, 7) is 2.61. The van der Waals surface area contributed by atoms with E-state index in [-0.39, 0.29) is 40.3 Å². The summed E-state index contributed by atoms with van der Waals surface area (Å²) in [7, 11) is -4.02. The Morgan fingerprint density at radius 2 is 1.62 bits per heavy atom. The fourth-order valence-corrected chi connectivity index (χ4v) is 5.31. The molecule has 39 heavy (non-hydrogen) atoms. The zero-order valence-corrected chi connectivity index (χ0v) is 24.1. The first-order valence-corrected chi connectivity index (χ1v) is 14.8. The number of anilines is 1. The van der Waals surface area contributed by atoms with Gasteiger partial charge < -0.3 is 10.2 Å². The predicted octanol–water partition coefficient (Wildman–Crippen LogP) is 5.06. The Hall–Kier alpha value is -3.14. The van der Waals surface area contributed by atoms with E-state index in [1.54, 1.807) is 19.9 Å². The molecule has 3 rings (SSSR count). The van der Waals surface area contributed by atoms with E-state index in [4.69, 9.17) is 23.2 Å². The van der Waals surface area contributed by atoms with Gasteiger partial charge in [-0.15, -0.1) is 0 Å². The Bertz CT molecular complexity index is 1420. The Morgan fingerprint density at radius 1 is 0.974 bits per heavy atom. The summed E-state index contributed by atoms with van der Waals surface area (Å²) < 4.78 is 41.2. The van der Waals surface area contributed by atoms with Crippen LogP contribution in [0.5, 0.6) is 0 Å². The number of carbonyl (C=O) groups excluding carboxylic acids is 2. The van der Waals surface area contributed by atoms with Crippen molar-refractivity contribution in [1.29, 1.82) is 0 Å². The van der Waals surface area contributed by atoms with Crippen molar-refractivity contribution < 1.29 is 22.4 Å². The molecular formula is C28H30Cl2FN3O4S. The third kappa shape index (κ3) is 8.42. The smallest absolute Gasteiger partial charge is 0.244 e. The average Bonchev–Trinajstić information content (AvgIpc) is 2.86. The number of carbonyl (C=O) groups is 2. The molecule has 0 aromatic heterocycles. The van der Waals surface area contributed by atoms with Crippen LogP contribution in [0.3, 0.4) is 0 Å². The third-order valence-electron chi connectivity index (χ3n) is 5.86. The molecule has 2 amide bonds. The summed E-state index contributed by atoms with van der Waals surface area (Å²) >= 11 is 12.4. The molecule has 0 aliphatic heterocycles. The molecular weight excluding hydrogens is 564 g/mol. The average molecular weight is 595 g/mol. The van der Waals surface area contributed by atoms with Gasteiger partial charge in [0.15, 0.2) is 0 Å². The molecule has 0 aliphatic carbocycles. The molecule has 0 radical (unpaired) electrons. The van der Waals surface area contributed by atoms with Crippen LogP contribution in [0.4, 0.5) is 10.1 Å². The molecule has 0 aliphatic rings. The van der Waals surface area contributed by atoms with Gasteiger partial charge in [-0.05, 0) is 43.7 Å². The molecule has 11 heteroatoms. The Balaban J connectivity index is 2.09.